The van der Waals surface area contributed by atoms with Gasteiger partial charge in [0, 0.05) is 29.4 Å². The summed E-state index contributed by atoms with van der Waals surface area (Å²) in [6.07, 6.45) is 5.11. The number of benzene rings is 1. The monoisotopic (exact) mass is 380 g/mol. The molecular weight excluding hydrogens is 364 g/mol. The largest absolute Gasteiger partial charge is 0.491 e. The standard InChI is InChI=1S/C20H16N2O4S/c1-11(2)25-14-5-3-12(4-6-14)16-10-21-9-13-7-15(26-18(13)16)8-17-19(23)22-20(24)27-17/h3-11H,1-2H3,(H,22,23,24). The lowest BCUT2D eigenvalue weighted by molar-refractivity contribution is -0.115. The fourth-order valence-corrected chi connectivity index (χ4v) is 3.46. The zero-order valence-electron chi connectivity index (χ0n) is 14.7. The molecule has 0 unspecified atom stereocenters. The Kier molecular flexibility index (Phi) is 4.45. The predicted octanol–water partition coefficient (Wildman–Crippen LogP) is 4.61. The highest BCUT2D eigenvalue weighted by molar-refractivity contribution is 8.18. The number of nitrogens with zero attached hydrogens (tertiary/aromatic N) is 1. The number of hydrogen-bond acceptors (Lipinski definition) is 6. The highest BCUT2D eigenvalue weighted by Gasteiger charge is 2.25. The Morgan fingerprint density at radius 1 is 1.19 bits per heavy atom. The second-order valence-corrected chi connectivity index (χ2v) is 7.31. The van der Waals surface area contributed by atoms with Gasteiger partial charge in [-0.2, -0.15) is 0 Å². The Balaban J connectivity index is 1.70. The van der Waals surface area contributed by atoms with Crippen LogP contribution in [0.15, 0.2) is 52.0 Å². The molecule has 0 atom stereocenters. The Morgan fingerprint density at radius 2 is 1.96 bits per heavy atom. The van der Waals surface area contributed by atoms with E-state index < -0.39 is 5.91 Å². The van der Waals surface area contributed by atoms with Gasteiger partial charge in [0.2, 0.25) is 0 Å². The van der Waals surface area contributed by atoms with Crippen LogP contribution >= 0.6 is 11.8 Å². The molecule has 0 spiro atoms. The highest BCUT2D eigenvalue weighted by Crippen LogP contribution is 2.33. The molecule has 2 aromatic heterocycles. The van der Waals surface area contributed by atoms with Crippen LogP contribution in [-0.2, 0) is 4.79 Å². The van der Waals surface area contributed by atoms with Crippen molar-refractivity contribution in [3.63, 3.8) is 0 Å². The molecular formula is C20H16N2O4S. The van der Waals surface area contributed by atoms with Gasteiger partial charge in [0.25, 0.3) is 11.1 Å². The summed E-state index contributed by atoms with van der Waals surface area (Å²) in [6.45, 7) is 3.96. The van der Waals surface area contributed by atoms with E-state index in [0.717, 1.165) is 34.0 Å². The molecule has 0 radical (unpaired) electrons. The number of pyridine rings is 1. The predicted molar refractivity (Wildman–Crippen MR) is 104 cm³/mol. The van der Waals surface area contributed by atoms with E-state index in [2.05, 4.69) is 10.3 Å². The summed E-state index contributed by atoms with van der Waals surface area (Å²) < 4.78 is 11.6. The summed E-state index contributed by atoms with van der Waals surface area (Å²) in [5.41, 5.74) is 2.46. The van der Waals surface area contributed by atoms with Crippen LogP contribution in [0.5, 0.6) is 5.75 Å². The van der Waals surface area contributed by atoms with Crippen molar-refractivity contribution >= 4 is 40.0 Å². The third-order valence-corrected chi connectivity index (χ3v) is 4.70. The van der Waals surface area contributed by atoms with Crippen molar-refractivity contribution in [3.05, 3.63) is 53.4 Å². The minimum atomic E-state index is -0.412. The second-order valence-electron chi connectivity index (χ2n) is 6.30. The number of nitrogens with one attached hydrogen (secondary N) is 1. The quantitative estimate of drug-likeness (QED) is 0.666. The van der Waals surface area contributed by atoms with Crippen LogP contribution in [-0.4, -0.2) is 22.2 Å². The summed E-state index contributed by atoms with van der Waals surface area (Å²) in [4.78, 5) is 27.6. The van der Waals surface area contributed by atoms with E-state index in [-0.39, 0.29) is 11.3 Å². The molecule has 0 aliphatic carbocycles. The molecule has 136 valence electrons. The van der Waals surface area contributed by atoms with E-state index in [4.69, 9.17) is 9.15 Å². The Bertz CT molecular complexity index is 1070. The lowest BCUT2D eigenvalue weighted by Crippen LogP contribution is -2.17. The zero-order valence-corrected chi connectivity index (χ0v) is 15.5. The van der Waals surface area contributed by atoms with Gasteiger partial charge in [0.1, 0.15) is 17.1 Å². The van der Waals surface area contributed by atoms with Crippen molar-refractivity contribution in [2.75, 3.05) is 0 Å². The third kappa shape index (κ3) is 3.59. The molecule has 3 aromatic rings. The molecule has 3 heterocycles. The lowest BCUT2D eigenvalue weighted by atomic mass is 10.1. The fraction of sp³-hybridized carbons (Fsp3) is 0.150. The topological polar surface area (TPSA) is 81.4 Å². The molecule has 4 rings (SSSR count). The van der Waals surface area contributed by atoms with Crippen molar-refractivity contribution in [3.8, 4) is 16.9 Å². The van der Waals surface area contributed by atoms with Crippen molar-refractivity contribution in [2.45, 2.75) is 20.0 Å². The van der Waals surface area contributed by atoms with E-state index in [1.807, 2.05) is 38.1 Å². The molecule has 1 aliphatic rings. The highest BCUT2D eigenvalue weighted by atomic mass is 32.2. The summed E-state index contributed by atoms with van der Waals surface area (Å²) in [5.74, 6) is 0.878. The molecule has 6 nitrogen and oxygen atoms in total. The van der Waals surface area contributed by atoms with Crippen molar-refractivity contribution < 1.29 is 18.7 Å². The fourth-order valence-electron chi connectivity index (χ4n) is 2.79. The van der Waals surface area contributed by atoms with E-state index in [9.17, 15) is 9.59 Å². The number of aromatic nitrogens is 1. The molecule has 2 amide bonds. The van der Waals surface area contributed by atoms with Crippen LogP contribution in [0.3, 0.4) is 0 Å². The third-order valence-electron chi connectivity index (χ3n) is 3.89. The van der Waals surface area contributed by atoms with E-state index in [0.29, 0.717) is 16.2 Å². The minimum Gasteiger partial charge on any atom is -0.491 e. The average Bonchev–Trinajstić information content (AvgIpc) is 3.17. The number of amides is 2. The first-order chi connectivity index (χ1) is 13.0. The van der Waals surface area contributed by atoms with Crippen LogP contribution in [0, 0.1) is 0 Å². The van der Waals surface area contributed by atoms with Crippen LogP contribution < -0.4 is 10.1 Å². The van der Waals surface area contributed by atoms with Crippen LogP contribution in [0.25, 0.3) is 28.2 Å². The maximum atomic E-state index is 11.7. The van der Waals surface area contributed by atoms with Gasteiger partial charge >= 0.3 is 0 Å². The van der Waals surface area contributed by atoms with Crippen LogP contribution in [0.2, 0.25) is 0 Å². The number of imide groups is 1. The molecule has 0 saturated carbocycles. The second kappa shape index (κ2) is 6.92. The van der Waals surface area contributed by atoms with Gasteiger partial charge in [-0.1, -0.05) is 12.1 Å². The number of rotatable bonds is 4. The molecule has 1 aliphatic heterocycles. The number of furan rings is 1. The van der Waals surface area contributed by atoms with Crippen molar-refractivity contribution in [1.29, 1.82) is 0 Å². The molecule has 7 heteroatoms. The molecule has 1 fully saturated rings. The smallest absolute Gasteiger partial charge is 0.290 e. The summed E-state index contributed by atoms with van der Waals surface area (Å²) in [6, 6.07) is 9.52. The number of fused-ring (bicyclic) bond motifs is 1. The maximum Gasteiger partial charge on any atom is 0.290 e. The van der Waals surface area contributed by atoms with Crippen molar-refractivity contribution in [2.24, 2.45) is 0 Å². The maximum absolute atomic E-state index is 11.7. The molecule has 1 saturated heterocycles. The van der Waals surface area contributed by atoms with Gasteiger partial charge in [0.05, 0.1) is 11.0 Å². The number of carbonyl (C=O) groups is 2. The number of ether oxygens (including phenoxy) is 1. The first-order valence-corrected chi connectivity index (χ1v) is 9.21. The number of carbonyl (C=O) groups excluding carboxylic acids is 2. The number of thioether (sulfide) groups is 1. The molecule has 1 N–H and O–H groups in total. The van der Waals surface area contributed by atoms with Crippen LogP contribution in [0.4, 0.5) is 4.79 Å². The summed E-state index contributed by atoms with van der Waals surface area (Å²) in [7, 11) is 0. The molecule has 27 heavy (non-hydrogen) atoms. The van der Waals surface area contributed by atoms with Gasteiger partial charge in [-0.3, -0.25) is 19.9 Å². The first kappa shape index (κ1) is 17.4. The van der Waals surface area contributed by atoms with Gasteiger partial charge < -0.3 is 9.15 Å². The van der Waals surface area contributed by atoms with E-state index in [1.54, 1.807) is 24.5 Å². The van der Waals surface area contributed by atoms with Gasteiger partial charge in [0.15, 0.2) is 0 Å². The number of hydrogen-bond donors (Lipinski definition) is 1. The Hall–Kier alpha value is -3.06. The van der Waals surface area contributed by atoms with Crippen LogP contribution in [0.1, 0.15) is 19.6 Å². The van der Waals surface area contributed by atoms with E-state index >= 15 is 0 Å². The molecule has 1 aromatic carbocycles. The lowest BCUT2D eigenvalue weighted by Gasteiger charge is -2.10. The van der Waals surface area contributed by atoms with Crippen molar-refractivity contribution in [1.82, 2.24) is 10.3 Å². The Morgan fingerprint density at radius 3 is 2.63 bits per heavy atom. The van der Waals surface area contributed by atoms with E-state index in [1.165, 1.54) is 0 Å². The minimum absolute atomic E-state index is 0.110. The molecule has 0 bridgehead atoms. The first-order valence-electron chi connectivity index (χ1n) is 8.39. The van der Waals surface area contributed by atoms with Gasteiger partial charge in [-0.05, 0) is 49.4 Å². The summed E-state index contributed by atoms with van der Waals surface area (Å²) in [5, 5.41) is 2.66. The zero-order chi connectivity index (χ0) is 19.0. The SMILES string of the molecule is CC(C)Oc1ccc(-c2cncc3cc(C=C4SC(=O)NC4=O)oc23)cc1. The average molecular weight is 380 g/mol. The summed E-state index contributed by atoms with van der Waals surface area (Å²) >= 11 is 0.857. The normalized spacial score (nSPS) is 15.7. The van der Waals surface area contributed by atoms with Gasteiger partial charge in [-0.25, -0.2) is 0 Å². The Labute approximate surface area is 159 Å². The van der Waals surface area contributed by atoms with Gasteiger partial charge in [-0.15, -0.1) is 0 Å².